The number of anilines is 2. The number of carbonyl (C=O) groups excluding carboxylic acids is 1. The minimum absolute atomic E-state index is 0.0215. The zero-order chi connectivity index (χ0) is 26.6. The number of aromatic nitrogens is 7. The zero-order valence-electron chi connectivity index (χ0n) is 21.7. The van der Waals surface area contributed by atoms with Gasteiger partial charge in [0.2, 0.25) is 0 Å². The van der Waals surface area contributed by atoms with Gasteiger partial charge in [-0.1, -0.05) is 30.3 Å². The summed E-state index contributed by atoms with van der Waals surface area (Å²) in [6.07, 6.45) is 11.5. The van der Waals surface area contributed by atoms with Gasteiger partial charge in [0.15, 0.2) is 5.82 Å². The van der Waals surface area contributed by atoms with Crippen LogP contribution in [0.15, 0.2) is 92.0 Å². The smallest absolute Gasteiger partial charge is 0.255 e. The van der Waals surface area contributed by atoms with E-state index in [2.05, 4.69) is 49.7 Å². The Morgan fingerprint density at radius 1 is 1.05 bits per heavy atom. The molecule has 1 N–H and O–H groups in total. The third kappa shape index (κ3) is 5.22. The summed E-state index contributed by atoms with van der Waals surface area (Å²) in [7, 11) is 0. The average Bonchev–Trinajstić information content (AvgIpc) is 3.72. The topological polar surface area (TPSA) is 98.2 Å². The van der Waals surface area contributed by atoms with Gasteiger partial charge in [0.25, 0.3) is 5.91 Å². The largest absolute Gasteiger partial charge is 0.339 e. The Morgan fingerprint density at radius 2 is 1.95 bits per heavy atom. The molecule has 4 heterocycles. The number of carbonyl (C=O) groups is 1. The van der Waals surface area contributed by atoms with Crippen molar-refractivity contribution in [2.45, 2.75) is 26.4 Å². The monoisotopic (exact) mass is 519 g/mol. The summed E-state index contributed by atoms with van der Waals surface area (Å²) in [5, 5.41) is 13.3. The van der Waals surface area contributed by atoms with Crippen LogP contribution in [-0.2, 0) is 13.1 Å². The molecule has 10 nitrogen and oxygen atoms in total. The van der Waals surface area contributed by atoms with Crippen molar-refractivity contribution in [1.29, 1.82) is 0 Å². The molecule has 0 bridgehead atoms. The number of hydrogen-bond acceptors (Lipinski definition) is 6. The van der Waals surface area contributed by atoms with Gasteiger partial charge in [0.1, 0.15) is 11.8 Å². The van der Waals surface area contributed by atoms with Crippen LogP contribution < -0.4 is 5.32 Å². The molecule has 0 saturated heterocycles. The predicted molar refractivity (Wildman–Crippen MR) is 150 cm³/mol. The first kappa shape index (κ1) is 24.4. The molecular weight excluding hydrogens is 490 g/mol. The molecule has 0 fully saturated rings. The van der Waals surface area contributed by atoms with Crippen LogP contribution in [0.25, 0.3) is 16.4 Å². The minimum Gasteiger partial charge on any atom is -0.339 e. The summed E-state index contributed by atoms with van der Waals surface area (Å²) in [6.45, 7) is 4.81. The van der Waals surface area contributed by atoms with Crippen molar-refractivity contribution < 1.29 is 4.79 Å². The molecule has 0 saturated carbocycles. The molecule has 39 heavy (non-hydrogen) atoms. The molecule has 2 aromatic carbocycles. The Balaban J connectivity index is 1.18. The second kappa shape index (κ2) is 10.8. The molecule has 0 radical (unpaired) electrons. The Hall–Kier alpha value is -4.99. The summed E-state index contributed by atoms with van der Waals surface area (Å²) in [6, 6.07) is 18.3. The van der Waals surface area contributed by atoms with Crippen LogP contribution in [-0.4, -0.2) is 57.8 Å². The van der Waals surface area contributed by atoms with E-state index in [1.54, 1.807) is 23.2 Å². The minimum atomic E-state index is -0.0215. The summed E-state index contributed by atoms with van der Waals surface area (Å²) in [5.41, 5.74) is 4.45. The van der Waals surface area contributed by atoms with Crippen LogP contribution in [0.2, 0.25) is 0 Å². The highest BCUT2D eigenvalue weighted by atomic mass is 16.2. The fourth-order valence-corrected chi connectivity index (χ4v) is 4.78. The lowest BCUT2D eigenvalue weighted by molar-refractivity contribution is 0.0760. The van der Waals surface area contributed by atoms with Crippen molar-refractivity contribution in [1.82, 2.24) is 38.8 Å². The number of hydrogen-bond donors (Lipinski definition) is 1. The van der Waals surface area contributed by atoms with Gasteiger partial charge in [-0.15, -0.1) is 0 Å². The maximum absolute atomic E-state index is 13.3. The first-order chi connectivity index (χ1) is 19.2. The highest BCUT2D eigenvalue weighted by Crippen LogP contribution is 2.25. The van der Waals surface area contributed by atoms with Crippen molar-refractivity contribution >= 4 is 33.8 Å². The number of benzene rings is 2. The van der Waals surface area contributed by atoms with Crippen LogP contribution in [0.4, 0.5) is 11.5 Å². The highest BCUT2D eigenvalue weighted by Gasteiger charge is 2.18. The third-order valence-electron chi connectivity index (χ3n) is 6.81. The summed E-state index contributed by atoms with van der Waals surface area (Å²) in [5.74, 6) is 0.607. The van der Waals surface area contributed by atoms with Crippen molar-refractivity contribution in [2.24, 2.45) is 0 Å². The van der Waals surface area contributed by atoms with E-state index < -0.39 is 0 Å². The van der Waals surface area contributed by atoms with E-state index >= 15 is 0 Å². The van der Waals surface area contributed by atoms with Crippen LogP contribution in [0.1, 0.15) is 29.3 Å². The molecule has 1 amide bonds. The molecule has 6 rings (SSSR count). The van der Waals surface area contributed by atoms with Gasteiger partial charge >= 0.3 is 0 Å². The third-order valence-corrected chi connectivity index (χ3v) is 6.81. The second-order valence-corrected chi connectivity index (χ2v) is 9.39. The molecule has 196 valence electrons. The van der Waals surface area contributed by atoms with E-state index in [1.165, 1.54) is 11.9 Å². The molecule has 10 heteroatoms. The molecule has 0 spiro atoms. The first-order valence-corrected chi connectivity index (χ1v) is 13.0. The van der Waals surface area contributed by atoms with Gasteiger partial charge in [-0.2, -0.15) is 10.2 Å². The maximum atomic E-state index is 13.3. The van der Waals surface area contributed by atoms with E-state index in [1.807, 2.05) is 63.8 Å². The zero-order valence-corrected chi connectivity index (χ0v) is 21.7. The standard InChI is InChI=1S/C29H29N9O/c1-2-36(13-6-12-35-14-11-30-21-35)29(39)24-16-27-28(31-20-33-38(27)19-24)34-25-9-10-26-23(15-25)17-32-37(26)18-22-7-4-3-5-8-22/h3-5,7-11,14-17,19-21H,2,6,12-13,18H2,1H3,(H,31,33,34). The Kier molecular flexibility index (Phi) is 6.73. The molecule has 0 aliphatic heterocycles. The number of nitrogens with zero attached hydrogens (tertiary/aromatic N) is 8. The molecule has 0 atom stereocenters. The van der Waals surface area contributed by atoms with Crippen molar-refractivity contribution in [2.75, 3.05) is 18.4 Å². The molecule has 0 aliphatic rings. The number of rotatable bonds is 10. The molecule has 0 unspecified atom stereocenters. The van der Waals surface area contributed by atoms with E-state index in [9.17, 15) is 4.79 Å². The Labute approximate surface area is 225 Å². The number of amides is 1. The van der Waals surface area contributed by atoms with Crippen molar-refractivity contribution in [3.05, 3.63) is 103 Å². The van der Waals surface area contributed by atoms with Gasteiger partial charge in [-0.25, -0.2) is 14.5 Å². The van der Waals surface area contributed by atoms with Gasteiger partial charge < -0.3 is 14.8 Å². The van der Waals surface area contributed by atoms with Crippen LogP contribution in [0.3, 0.4) is 0 Å². The summed E-state index contributed by atoms with van der Waals surface area (Å²) < 4.78 is 5.71. The van der Waals surface area contributed by atoms with Gasteiger partial charge in [0.05, 0.1) is 30.1 Å². The lowest BCUT2D eigenvalue weighted by Gasteiger charge is -2.20. The normalized spacial score (nSPS) is 11.3. The van der Waals surface area contributed by atoms with E-state index in [0.29, 0.717) is 31.0 Å². The van der Waals surface area contributed by atoms with Gasteiger partial charge in [-0.05, 0) is 43.2 Å². The number of fused-ring (bicyclic) bond motifs is 2. The second-order valence-electron chi connectivity index (χ2n) is 9.39. The number of imidazole rings is 1. The van der Waals surface area contributed by atoms with Crippen LogP contribution in [0, 0.1) is 0 Å². The Morgan fingerprint density at radius 3 is 2.77 bits per heavy atom. The summed E-state index contributed by atoms with van der Waals surface area (Å²) in [4.78, 5) is 23.7. The van der Waals surface area contributed by atoms with Crippen LogP contribution >= 0.6 is 0 Å². The highest BCUT2D eigenvalue weighted by molar-refractivity contribution is 5.96. The fraction of sp³-hybridized carbons (Fsp3) is 0.207. The average molecular weight is 520 g/mol. The van der Waals surface area contributed by atoms with Crippen molar-refractivity contribution in [3.8, 4) is 0 Å². The van der Waals surface area contributed by atoms with Crippen molar-refractivity contribution in [3.63, 3.8) is 0 Å². The lowest BCUT2D eigenvalue weighted by atomic mass is 10.2. The van der Waals surface area contributed by atoms with E-state index in [0.717, 1.165) is 35.1 Å². The number of aryl methyl sites for hydroxylation is 1. The fourth-order valence-electron chi connectivity index (χ4n) is 4.78. The lowest BCUT2D eigenvalue weighted by Crippen LogP contribution is -2.32. The van der Waals surface area contributed by atoms with E-state index in [-0.39, 0.29) is 5.91 Å². The summed E-state index contributed by atoms with van der Waals surface area (Å²) >= 11 is 0. The Bertz CT molecular complexity index is 1700. The molecule has 4 aromatic heterocycles. The van der Waals surface area contributed by atoms with Gasteiger partial charge in [-0.3, -0.25) is 9.48 Å². The SMILES string of the molecule is CCN(CCCn1ccnc1)C(=O)c1cc2c(Nc3ccc4c(cnn4Cc4ccccc4)c3)ncnn2c1. The first-order valence-electron chi connectivity index (χ1n) is 13.0. The maximum Gasteiger partial charge on any atom is 0.255 e. The molecule has 0 aliphatic carbocycles. The predicted octanol–water partition coefficient (Wildman–Crippen LogP) is 4.62. The molecule has 6 aromatic rings. The van der Waals surface area contributed by atoms with Gasteiger partial charge in [0, 0.05) is 49.3 Å². The quantitative estimate of drug-likeness (QED) is 0.284. The van der Waals surface area contributed by atoms with E-state index in [4.69, 9.17) is 0 Å². The number of nitrogens with one attached hydrogen (secondary N) is 1. The molecular formula is C29H29N9O. The van der Waals surface area contributed by atoms with Crippen LogP contribution in [0.5, 0.6) is 0 Å².